The largest absolute Gasteiger partial charge is 0.469 e. The van der Waals surface area contributed by atoms with E-state index in [2.05, 4.69) is 25.4 Å². The standard InChI is InChI=1S/C10H8BrF2NO5/c1-18-8(15)4-5-7(19-10(12)13)3-2-6(11)9(5)14(16)17/h2-3,10H,4H2,1H3. The van der Waals surface area contributed by atoms with Crippen molar-refractivity contribution in [1.82, 2.24) is 0 Å². The van der Waals surface area contributed by atoms with Gasteiger partial charge in [0.1, 0.15) is 5.75 Å². The second kappa shape index (κ2) is 6.41. The van der Waals surface area contributed by atoms with Crippen molar-refractivity contribution in [3.8, 4) is 5.75 Å². The molecule has 0 amide bonds. The molecule has 0 saturated carbocycles. The lowest BCUT2D eigenvalue weighted by Gasteiger charge is -2.11. The Labute approximate surface area is 114 Å². The molecule has 0 aliphatic rings. The monoisotopic (exact) mass is 339 g/mol. The lowest BCUT2D eigenvalue weighted by atomic mass is 10.1. The van der Waals surface area contributed by atoms with Crippen LogP contribution in [0.25, 0.3) is 0 Å². The first-order valence-electron chi connectivity index (χ1n) is 4.84. The third kappa shape index (κ3) is 3.85. The number of benzene rings is 1. The third-order valence-corrected chi connectivity index (χ3v) is 2.78. The summed E-state index contributed by atoms with van der Waals surface area (Å²) in [5, 5.41) is 10.9. The molecule has 0 radical (unpaired) electrons. The fraction of sp³-hybridized carbons (Fsp3) is 0.300. The molecule has 1 aromatic carbocycles. The molecular formula is C10H8BrF2NO5. The Morgan fingerprint density at radius 1 is 1.53 bits per heavy atom. The van der Waals surface area contributed by atoms with E-state index < -0.39 is 35.4 Å². The Hall–Kier alpha value is -1.77. The van der Waals surface area contributed by atoms with Crippen molar-refractivity contribution in [3.63, 3.8) is 0 Å². The van der Waals surface area contributed by atoms with Gasteiger partial charge in [0.15, 0.2) is 0 Å². The number of hydrogen-bond donors (Lipinski definition) is 0. The molecule has 19 heavy (non-hydrogen) atoms. The van der Waals surface area contributed by atoms with Crippen LogP contribution >= 0.6 is 15.9 Å². The zero-order chi connectivity index (χ0) is 14.6. The number of halogens is 3. The highest BCUT2D eigenvalue weighted by molar-refractivity contribution is 9.10. The molecule has 0 atom stereocenters. The summed E-state index contributed by atoms with van der Waals surface area (Å²) in [7, 11) is 1.08. The van der Waals surface area contributed by atoms with Crippen LogP contribution in [0.3, 0.4) is 0 Å². The molecule has 0 N–H and O–H groups in total. The van der Waals surface area contributed by atoms with Gasteiger partial charge in [-0.2, -0.15) is 8.78 Å². The van der Waals surface area contributed by atoms with Crippen LogP contribution in [0.5, 0.6) is 5.75 Å². The summed E-state index contributed by atoms with van der Waals surface area (Å²) in [6.07, 6.45) is -0.547. The summed E-state index contributed by atoms with van der Waals surface area (Å²) < 4.78 is 33.1. The lowest BCUT2D eigenvalue weighted by Crippen LogP contribution is -2.11. The van der Waals surface area contributed by atoms with E-state index in [9.17, 15) is 23.7 Å². The second-order valence-electron chi connectivity index (χ2n) is 3.26. The van der Waals surface area contributed by atoms with Gasteiger partial charge < -0.3 is 9.47 Å². The van der Waals surface area contributed by atoms with E-state index in [1.807, 2.05) is 0 Å². The number of carbonyl (C=O) groups is 1. The Morgan fingerprint density at radius 2 is 2.16 bits per heavy atom. The van der Waals surface area contributed by atoms with Crippen molar-refractivity contribution in [1.29, 1.82) is 0 Å². The molecule has 0 bridgehead atoms. The minimum atomic E-state index is -3.16. The van der Waals surface area contributed by atoms with Crippen molar-refractivity contribution in [2.45, 2.75) is 13.0 Å². The van der Waals surface area contributed by atoms with Crippen LogP contribution in [0.1, 0.15) is 5.56 Å². The number of ether oxygens (including phenoxy) is 2. The Morgan fingerprint density at radius 3 is 2.63 bits per heavy atom. The zero-order valence-electron chi connectivity index (χ0n) is 9.56. The van der Waals surface area contributed by atoms with Gasteiger partial charge in [-0.1, -0.05) is 0 Å². The molecule has 6 nitrogen and oxygen atoms in total. The Kier molecular flexibility index (Phi) is 5.16. The first kappa shape index (κ1) is 15.3. The van der Waals surface area contributed by atoms with E-state index in [0.717, 1.165) is 13.2 Å². The van der Waals surface area contributed by atoms with Crippen LogP contribution in [0.2, 0.25) is 0 Å². The van der Waals surface area contributed by atoms with Gasteiger partial charge in [-0.25, -0.2) is 0 Å². The van der Waals surface area contributed by atoms with E-state index in [-0.39, 0.29) is 10.0 Å². The highest BCUT2D eigenvalue weighted by Crippen LogP contribution is 2.36. The van der Waals surface area contributed by atoms with Gasteiger partial charge in [-0.05, 0) is 28.1 Å². The normalized spacial score (nSPS) is 10.4. The summed E-state index contributed by atoms with van der Waals surface area (Å²) >= 11 is 2.92. The number of hydrogen-bond acceptors (Lipinski definition) is 5. The average Bonchev–Trinajstić information content (AvgIpc) is 2.31. The van der Waals surface area contributed by atoms with E-state index in [1.54, 1.807) is 0 Å². The number of esters is 1. The maximum atomic E-state index is 12.2. The molecule has 0 spiro atoms. The molecule has 0 aromatic heterocycles. The van der Waals surface area contributed by atoms with Crippen molar-refractivity contribution in [2.24, 2.45) is 0 Å². The number of nitro benzene ring substituents is 1. The van der Waals surface area contributed by atoms with Gasteiger partial charge in [-0.15, -0.1) is 0 Å². The quantitative estimate of drug-likeness (QED) is 0.468. The second-order valence-corrected chi connectivity index (χ2v) is 4.12. The van der Waals surface area contributed by atoms with Gasteiger partial charge in [0, 0.05) is 0 Å². The van der Waals surface area contributed by atoms with Gasteiger partial charge in [0.25, 0.3) is 5.69 Å². The minimum Gasteiger partial charge on any atom is -0.469 e. The molecule has 0 saturated heterocycles. The Balaban J connectivity index is 3.35. The first-order chi connectivity index (χ1) is 8.86. The maximum Gasteiger partial charge on any atom is 0.387 e. The van der Waals surface area contributed by atoms with Crippen LogP contribution in [0, 0.1) is 10.1 Å². The predicted octanol–water partition coefficient (Wildman–Crippen LogP) is 2.67. The van der Waals surface area contributed by atoms with Gasteiger partial charge in [-0.3, -0.25) is 14.9 Å². The molecule has 0 unspecified atom stereocenters. The molecule has 0 heterocycles. The van der Waals surface area contributed by atoms with Crippen LogP contribution in [-0.2, 0) is 16.0 Å². The molecule has 9 heteroatoms. The fourth-order valence-electron chi connectivity index (χ4n) is 1.38. The molecule has 0 aliphatic heterocycles. The van der Waals surface area contributed by atoms with Crippen molar-refractivity contribution < 1.29 is 28.0 Å². The first-order valence-corrected chi connectivity index (χ1v) is 5.63. The van der Waals surface area contributed by atoms with E-state index in [0.29, 0.717) is 0 Å². The van der Waals surface area contributed by atoms with Gasteiger partial charge in [0.05, 0.1) is 28.5 Å². The number of carbonyl (C=O) groups excluding carboxylic acids is 1. The van der Waals surface area contributed by atoms with E-state index in [1.165, 1.54) is 6.07 Å². The van der Waals surface area contributed by atoms with E-state index in [4.69, 9.17) is 0 Å². The summed E-state index contributed by atoms with van der Waals surface area (Å²) in [6.45, 7) is -3.16. The highest BCUT2D eigenvalue weighted by Gasteiger charge is 2.26. The number of nitrogens with zero attached hydrogens (tertiary/aromatic N) is 1. The van der Waals surface area contributed by atoms with Crippen molar-refractivity contribution in [3.05, 3.63) is 32.3 Å². The van der Waals surface area contributed by atoms with Crippen LogP contribution < -0.4 is 4.74 Å². The number of nitro groups is 1. The van der Waals surface area contributed by atoms with Crippen LogP contribution in [0.15, 0.2) is 16.6 Å². The third-order valence-electron chi connectivity index (χ3n) is 2.14. The summed E-state index contributed by atoms with van der Waals surface area (Å²) in [5.74, 6) is -1.24. The lowest BCUT2D eigenvalue weighted by molar-refractivity contribution is -0.386. The number of alkyl halides is 2. The average molecular weight is 340 g/mol. The van der Waals surface area contributed by atoms with Crippen LogP contribution in [0.4, 0.5) is 14.5 Å². The Bertz CT molecular complexity index is 509. The van der Waals surface area contributed by atoms with Crippen LogP contribution in [-0.4, -0.2) is 24.6 Å². The summed E-state index contributed by atoms with van der Waals surface area (Å²) in [5.41, 5.74) is -0.782. The maximum absolute atomic E-state index is 12.2. The molecule has 104 valence electrons. The SMILES string of the molecule is COC(=O)Cc1c(OC(F)F)ccc(Br)c1[N+](=O)[O-]. The summed E-state index contributed by atoms with van der Waals surface area (Å²) in [6, 6.07) is 2.30. The van der Waals surface area contributed by atoms with Crippen molar-refractivity contribution in [2.75, 3.05) is 7.11 Å². The summed E-state index contributed by atoms with van der Waals surface area (Å²) in [4.78, 5) is 21.3. The van der Waals surface area contributed by atoms with E-state index >= 15 is 0 Å². The smallest absolute Gasteiger partial charge is 0.387 e. The predicted molar refractivity (Wildman–Crippen MR) is 63.1 cm³/mol. The van der Waals surface area contributed by atoms with Crippen molar-refractivity contribution >= 4 is 27.6 Å². The molecular weight excluding hydrogens is 332 g/mol. The van der Waals surface area contributed by atoms with Gasteiger partial charge >= 0.3 is 12.6 Å². The fourth-order valence-corrected chi connectivity index (χ4v) is 1.90. The van der Waals surface area contributed by atoms with Gasteiger partial charge in [0.2, 0.25) is 0 Å². The molecule has 0 aliphatic carbocycles. The number of methoxy groups -OCH3 is 1. The number of rotatable bonds is 5. The molecule has 1 rings (SSSR count). The zero-order valence-corrected chi connectivity index (χ0v) is 11.1. The minimum absolute atomic E-state index is 0.0537. The highest BCUT2D eigenvalue weighted by atomic mass is 79.9. The molecule has 1 aromatic rings. The molecule has 0 fully saturated rings. The topological polar surface area (TPSA) is 78.7 Å².